The summed E-state index contributed by atoms with van der Waals surface area (Å²) < 4.78 is 12.3. The lowest BCUT2D eigenvalue weighted by Gasteiger charge is -2.09. The molecule has 0 aliphatic carbocycles. The number of anilines is 1. The Balaban J connectivity index is 1.41. The second-order valence-electron chi connectivity index (χ2n) is 7.78. The van der Waals surface area contributed by atoms with Crippen molar-refractivity contribution >= 4 is 60.4 Å². The standard InChI is InChI=1S/C27H15BrN2O4/c28-17-10-12-23-16(13-17)14-20(27(32)33-23)25(31)29-21-8-4-3-7-19(21)26-30-22-11-9-15-5-1-2-6-18(15)24(22)34-26/h1-14H,(H,29,31). The molecule has 0 bridgehead atoms. The Labute approximate surface area is 201 Å². The minimum Gasteiger partial charge on any atom is -0.435 e. The van der Waals surface area contributed by atoms with Gasteiger partial charge in [-0.1, -0.05) is 58.4 Å². The normalized spacial score (nSPS) is 11.3. The first-order chi connectivity index (χ1) is 16.6. The van der Waals surface area contributed by atoms with Crippen molar-refractivity contribution in [3.8, 4) is 11.5 Å². The van der Waals surface area contributed by atoms with Crippen molar-refractivity contribution in [2.75, 3.05) is 5.32 Å². The van der Waals surface area contributed by atoms with Gasteiger partial charge in [0.05, 0.1) is 11.3 Å². The van der Waals surface area contributed by atoms with E-state index < -0.39 is 11.5 Å². The smallest absolute Gasteiger partial charge is 0.349 e. The van der Waals surface area contributed by atoms with Gasteiger partial charge < -0.3 is 14.2 Å². The van der Waals surface area contributed by atoms with E-state index in [4.69, 9.17) is 8.83 Å². The van der Waals surface area contributed by atoms with Crippen LogP contribution < -0.4 is 10.9 Å². The number of hydrogen-bond donors (Lipinski definition) is 1. The minimum absolute atomic E-state index is 0.0936. The lowest BCUT2D eigenvalue weighted by molar-refractivity contribution is 0.102. The Morgan fingerprint density at radius 2 is 1.68 bits per heavy atom. The minimum atomic E-state index is -0.710. The molecular formula is C27H15BrN2O4. The first-order valence-corrected chi connectivity index (χ1v) is 11.3. The zero-order valence-electron chi connectivity index (χ0n) is 17.5. The van der Waals surface area contributed by atoms with Crippen LogP contribution in [-0.4, -0.2) is 10.9 Å². The molecule has 7 heteroatoms. The maximum atomic E-state index is 13.1. The monoisotopic (exact) mass is 510 g/mol. The van der Waals surface area contributed by atoms with E-state index in [1.807, 2.05) is 48.5 Å². The molecule has 0 unspecified atom stereocenters. The number of benzene rings is 4. The van der Waals surface area contributed by atoms with Crippen molar-refractivity contribution in [3.05, 3.63) is 105 Å². The van der Waals surface area contributed by atoms with Gasteiger partial charge in [0, 0.05) is 15.2 Å². The molecule has 6 nitrogen and oxygen atoms in total. The number of oxazole rings is 1. The number of carbonyl (C=O) groups is 1. The van der Waals surface area contributed by atoms with Gasteiger partial charge in [-0.2, -0.15) is 0 Å². The molecule has 0 aliphatic heterocycles. The SMILES string of the molecule is O=C(Nc1ccccc1-c1nc2ccc3ccccc3c2o1)c1cc2cc(Br)ccc2oc1=O. The first-order valence-electron chi connectivity index (χ1n) is 10.5. The maximum absolute atomic E-state index is 13.1. The van der Waals surface area contributed by atoms with Crippen LogP contribution in [0.3, 0.4) is 0 Å². The summed E-state index contributed by atoms with van der Waals surface area (Å²) in [6.45, 7) is 0. The maximum Gasteiger partial charge on any atom is 0.349 e. The van der Waals surface area contributed by atoms with Crippen LogP contribution in [0.4, 0.5) is 5.69 Å². The van der Waals surface area contributed by atoms with Crippen LogP contribution >= 0.6 is 15.9 Å². The predicted molar refractivity (Wildman–Crippen MR) is 135 cm³/mol. The van der Waals surface area contributed by atoms with E-state index in [1.165, 1.54) is 6.07 Å². The lowest BCUT2D eigenvalue weighted by atomic mass is 10.1. The molecule has 0 aliphatic rings. The highest BCUT2D eigenvalue weighted by atomic mass is 79.9. The van der Waals surface area contributed by atoms with E-state index in [-0.39, 0.29) is 5.56 Å². The third kappa shape index (κ3) is 3.47. The van der Waals surface area contributed by atoms with Crippen LogP contribution in [0.15, 0.2) is 103 Å². The quantitative estimate of drug-likeness (QED) is 0.265. The fraction of sp³-hybridized carbons (Fsp3) is 0. The molecule has 6 aromatic rings. The van der Waals surface area contributed by atoms with Gasteiger partial charge in [0.15, 0.2) is 5.58 Å². The Hall–Kier alpha value is -4.23. The number of amides is 1. The molecule has 0 saturated heterocycles. The molecule has 0 spiro atoms. The Morgan fingerprint density at radius 1 is 0.853 bits per heavy atom. The van der Waals surface area contributed by atoms with Gasteiger partial charge in [0.25, 0.3) is 5.91 Å². The van der Waals surface area contributed by atoms with Crippen LogP contribution in [0.2, 0.25) is 0 Å². The third-order valence-corrected chi connectivity index (χ3v) is 6.12. The Morgan fingerprint density at radius 3 is 2.59 bits per heavy atom. The van der Waals surface area contributed by atoms with Gasteiger partial charge in [-0.3, -0.25) is 4.79 Å². The Kier molecular flexibility index (Phi) is 4.78. The summed E-state index contributed by atoms with van der Waals surface area (Å²) in [7, 11) is 0. The molecule has 34 heavy (non-hydrogen) atoms. The topological polar surface area (TPSA) is 85.3 Å². The molecule has 2 aromatic heterocycles. The Bertz CT molecular complexity index is 1800. The third-order valence-electron chi connectivity index (χ3n) is 5.62. The molecule has 1 N–H and O–H groups in total. The summed E-state index contributed by atoms with van der Waals surface area (Å²) >= 11 is 3.39. The van der Waals surface area contributed by atoms with Crippen LogP contribution in [0.25, 0.3) is 44.3 Å². The highest BCUT2D eigenvalue weighted by Gasteiger charge is 2.18. The van der Waals surface area contributed by atoms with Crippen molar-refractivity contribution in [2.45, 2.75) is 0 Å². The second kappa shape index (κ2) is 7.97. The van der Waals surface area contributed by atoms with Gasteiger partial charge in [0.1, 0.15) is 16.7 Å². The number of rotatable bonds is 3. The molecule has 164 valence electrons. The zero-order valence-corrected chi connectivity index (χ0v) is 19.1. The van der Waals surface area contributed by atoms with Gasteiger partial charge in [-0.05, 0) is 47.9 Å². The van der Waals surface area contributed by atoms with Gasteiger partial charge in [0.2, 0.25) is 5.89 Å². The molecular weight excluding hydrogens is 496 g/mol. The summed E-state index contributed by atoms with van der Waals surface area (Å²) in [4.78, 5) is 30.2. The van der Waals surface area contributed by atoms with Crippen molar-refractivity contribution in [2.24, 2.45) is 0 Å². The van der Waals surface area contributed by atoms with Gasteiger partial charge in [-0.25, -0.2) is 9.78 Å². The lowest BCUT2D eigenvalue weighted by Crippen LogP contribution is -2.21. The highest BCUT2D eigenvalue weighted by molar-refractivity contribution is 9.10. The highest BCUT2D eigenvalue weighted by Crippen LogP contribution is 2.33. The molecule has 0 saturated carbocycles. The van der Waals surface area contributed by atoms with E-state index in [9.17, 15) is 9.59 Å². The van der Waals surface area contributed by atoms with E-state index in [0.717, 1.165) is 20.8 Å². The van der Waals surface area contributed by atoms with E-state index >= 15 is 0 Å². The molecule has 4 aromatic carbocycles. The van der Waals surface area contributed by atoms with Crippen molar-refractivity contribution in [1.29, 1.82) is 0 Å². The van der Waals surface area contributed by atoms with Crippen LogP contribution in [-0.2, 0) is 0 Å². The van der Waals surface area contributed by atoms with Crippen molar-refractivity contribution in [1.82, 2.24) is 4.98 Å². The number of carbonyl (C=O) groups excluding carboxylic acids is 1. The summed E-state index contributed by atoms with van der Waals surface area (Å²) in [6.07, 6.45) is 0. The zero-order chi connectivity index (χ0) is 23.2. The van der Waals surface area contributed by atoms with E-state index in [0.29, 0.717) is 33.7 Å². The number of aromatic nitrogens is 1. The number of hydrogen-bond acceptors (Lipinski definition) is 5. The van der Waals surface area contributed by atoms with Gasteiger partial charge >= 0.3 is 5.63 Å². The average molecular weight is 511 g/mol. The number of fused-ring (bicyclic) bond motifs is 4. The second-order valence-corrected chi connectivity index (χ2v) is 8.70. The van der Waals surface area contributed by atoms with Crippen molar-refractivity contribution < 1.29 is 13.6 Å². The first kappa shape index (κ1) is 20.4. The molecule has 0 fully saturated rings. The number of nitrogens with zero attached hydrogens (tertiary/aromatic N) is 1. The fourth-order valence-corrected chi connectivity index (χ4v) is 4.37. The number of halogens is 1. The molecule has 2 heterocycles. The van der Waals surface area contributed by atoms with Crippen LogP contribution in [0.5, 0.6) is 0 Å². The molecule has 1 amide bonds. The summed E-state index contributed by atoms with van der Waals surface area (Å²) in [5.74, 6) is -0.207. The summed E-state index contributed by atoms with van der Waals surface area (Å²) in [5, 5.41) is 5.46. The van der Waals surface area contributed by atoms with E-state index in [2.05, 4.69) is 26.2 Å². The van der Waals surface area contributed by atoms with Crippen LogP contribution in [0, 0.1) is 0 Å². The fourth-order valence-electron chi connectivity index (χ4n) is 3.99. The van der Waals surface area contributed by atoms with E-state index in [1.54, 1.807) is 30.3 Å². The summed E-state index contributed by atoms with van der Waals surface area (Å²) in [6, 6.07) is 25.7. The number of para-hydroxylation sites is 1. The molecule has 0 atom stereocenters. The summed E-state index contributed by atoms with van der Waals surface area (Å²) in [5.41, 5.74) is 2.07. The predicted octanol–water partition coefficient (Wildman–Crippen LogP) is 6.77. The average Bonchev–Trinajstić information content (AvgIpc) is 3.29. The molecule has 6 rings (SSSR count). The largest absolute Gasteiger partial charge is 0.435 e. The number of nitrogens with one attached hydrogen (secondary N) is 1. The molecule has 0 radical (unpaired) electrons. The van der Waals surface area contributed by atoms with Gasteiger partial charge in [-0.15, -0.1) is 0 Å². The van der Waals surface area contributed by atoms with Crippen molar-refractivity contribution in [3.63, 3.8) is 0 Å². The van der Waals surface area contributed by atoms with Crippen LogP contribution in [0.1, 0.15) is 10.4 Å².